The molecule has 1 aromatic heterocycles. The van der Waals surface area contributed by atoms with E-state index in [2.05, 4.69) is 10.1 Å². The molecule has 0 fully saturated rings. The van der Waals surface area contributed by atoms with Crippen LogP contribution in [-0.2, 0) is 6.54 Å². The monoisotopic (exact) mass is 237 g/mol. The fourth-order valence-corrected chi connectivity index (χ4v) is 1.37. The SMILES string of the molecule is CC(=O)c1ncn(Cc2cc(F)ccc2F)n1. The highest BCUT2D eigenvalue weighted by atomic mass is 19.1. The first-order chi connectivity index (χ1) is 8.06. The minimum Gasteiger partial charge on any atom is -0.291 e. The van der Waals surface area contributed by atoms with Crippen LogP contribution in [0.5, 0.6) is 0 Å². The van der Waals surface area contributed by atoms with Crippen LogP contribution >= 0.6 is 0 Å². The second-order valence-corrected chi connectivity index (χ2v) is 3.56. The van der Waals surface area contributed by atoms with Crippen molar-refractivity contribution in [2.24, 2.45) is 0 Å². The van der Waals surface area contributed by atoms with E-state index in [-0.39, 0.29) is 23.7 Å². The summed E-state index contributed by atoms with van der Waals surface area (Å²) in [5.74, 6) is -1.26. The summed E-state index contributed by atoms with van der Waals surface area (Å²) in [5.41, 5.74) is 0.157. The first-order valence-electron chi connectivity index (χ1n) is 4.90. The summed E-state index contributed by atoms with van der Waals surface area (Å²) in [6, 6.07) is 3.18. The van der Waals surface area contributed by atoms with Gasteiger partial charge in [-0.15, -0.1) is 5.10 Å². The first kappa shape index (κ1) is 11.4. The average Bonchev–Trinajstić information content (AvgIpc) is 2.72. The van der Waals surface area contributed by atoms with E-state index < -0.39 is 11.6 Å². The Kier molecular flexibility index (Phi) is 2.95. The molecule has 1 aromatic carbocycles. The maximum atomic E-state index is 13.3. The molecule has 0 aliphatic carbocycles. The Hall–Kier alpha value is -2.11. The lowest BCUT2D eigenvalue weighted by atomic mass is 10.2. The Bertz CT molecular complexity index is 566. The van der Waals surface area contributed by atoms with Crippen LogP contribution in [0.15, 0.2) is 24.5 Å². The van der Waals surface area contributed by atoms with Gasteiger partial charge in [0.2, 0.25) is 5.82 Å². The number of hydrogen-bond acceptors (Lipinski definition) is 3. The zero-order valence-corrected chi connectivity index (χ0v) is 9.02. The highest BCUT2D eigenvalue weighted by Crippen LogP contribution is 2.10. The van der Waals surface area contributed by atoms with Gasteiger partial charge >= 0.3 is 0 Å². The number of halogens is 2. The Balaban J connectivity index is 2.25. The molecule has 0 saturated heterocycles. The van der Waals surface area contributed by atoms with Gasteiger partial charge in [0, 0.05) is 12.5 Å². The lowest BCUT2D eigenvalue weighted by molar-refractivity contribution is 0.100. The molecule has 88 valence electrons. The summed E-state index contributed by atoms with van der Waals surface area (Å²) < 4.78 is 27.5. The largest absolute Gasteiger partial charge is 0.291 e. The van der Waals surface area contributed by atoms with Gasteiger partial charge in [-0.2, -0.15) is 0 Å². The Morgan fingerprint density at radius 2 is 2.18 bits per heavy atom. The molecule has 0 aliphatic heterocycles. The van der Waals surface area contributed by atoms with E-state index in [1.54, 1.807) is 0 Å². The summed E-state index contributed by atoms with van der Waals surface area (Å²) in [6.45, 7) is 1.37. The maximum absolute atomic E-state index is 13.3. The van der Waals surface area contributed by atoms with Crippen LogP contribution in [0, 0.1) is 11.6 Å². The van der Waals surface area contributed by atoms with Crippen LogP contribution in [-0.4, -0.2) is 20.5 Å². The third-order valence-corrected chi connectivity index (χ3v) is 2.19. The van der Waals surface area contributed by atoms with Gasteiger partial charge in [-0.05, 0) is 18.2 Å². The van der Waals surface area contributed by atoms with Crippen molar-refractivity contribution in [3.8, 4) is 0 Å². The fourth-order valence-electron chi connectivity index (χ4n) is 1.37. The van der Waals surface area contributed by atoms with Gasteiger partial charge in [-0.3, -0.25) is 4.79 Å². The molecule has 6 heteroatoms. The molecule has 0 atom stereocenters. The van der Waals surface area contributed by atoms with Gasteiger partial charge in [-0.1, -0.05) is 0 Å². The van der Waals surface area contributed by atoms with Crippen molar-refractivity contribution in [1.82, 2.24) is 14.8 Å². The topological polar surface area (TPSA) is 47.8 Å². The third-order valence-electron chi connectivity index (χ3n) is 2.19. The predicted molar refractivity (Wildman–Crippen MR) is 55.5 cm³/mol. The van der Waals surface area contributed by atoms with Gasteiger partial charge in [0.15, 0.2) is 5.78 Å². The van der Waals surface area contributed by atoms with E-state index in [9.17, 15) is 13.6 Å². The summed E-state index contributed by atoms with van der Waals surface area (Å²) >= 11 is 0. The molecule has 0 radical (unpaired) electrons. The number of nitrogens with zero attached hydrogens (tertiary/aromatic N) is 3. The predicted octanol–water partition coefficient (Wildman–Crippen LogP) is 1.81. The lowest BCUT2D eigenvalue weighted by Crippen LogP contribution is -2.05. The second kappa shape index (κ2) is 4.40. The molecule has 2 aromatic rings. The minimum atomic E-state index is -0.522. The van der Waals surface area contributed by atoms with Crippen LogP contribution in [0.25, 0.3) is 0 Å². The van der Waals surface area contributed by atoms with Crippen LogP contribution < -0.4 is 0 Å². The molecule has 1 heterocycles. The smallest absolute Gasteiger partial charge is 0.216 e. The van der Waals surface area contributed by atoms with Gasteiger partial charge < -0.3 is 0 Å². The molecule has 0 saturated carbocycles. The molecule has 0 spiro atoms. The molecule has 4 nitrogen and oxygen atoms in total. The lowest BCUT2D eigenvalue weighted by Gasteiger charge is -2.02. The van der Waals surface area contributed by atoms with E-state index >= 15 is 0 Å². The number of Topliss-reactive ketones (excluding diaryl/α,β-unsaturated/α-hetero) is 1. The third kappa shape index (κ3) is 2.52. The maximum Gasteiger partial charge on any atom is 0.216 e. The van der Waals surface area contributed by atoms with Crippen molar-refractivity contribution in [3.05, 3.63) is 47.5 Å². The van der Waals surface area contributed by atoms with Crippen molar-refractivity contribution in [1.29, 1.82) is 0 Å². The van der Waals surface area contributed by atoms with Crippen molar-refractivity contribution in [2.45, 2.75) is 13.5 Å². The number of rotatable bonds is 3. The van der Waals surface area contributed by atoms with Crippen LogP contribution in [0.2, 0.25) is 0 Å². The molecule has 0 aliphatic rings. The average molecular weight is 237 g/mol. The van der Waals surface area contributed by atoms with Gasteiger partial charge in [0.25, 0.3) is 0 Å². The number of hydrogen-bond donors (Lipinski definition) is 0. The summed E-state index contributed by atoms with van der Waals surface area (Å²) in [4.78, 5) is 14.7. The molecule has 17 heavy (non-hydrogen) atoms. The van der Waals surface area contributed by atoms with Gasteiger partial charge in [0.05, 0.1) is 6.54 Å². The van der Waals surface area contributed by atoms with Crippen molar-refractivity contribution in [2.75, 3.05) is 0 Å². The molecular weight excluding hydrogens is 228 g/mol. The summed E-state index contributed by atoms with van der Waals surface area (Å²) in [6.07, 6.45) is 1.31. The number of ketones is 1. The normalized spacial score (nSPS) is 10.5. The fraction of sp³-hybridized carbons (Fsp3) is 0.182. The highest BCUT2D eigenvalue weighted by Gasteiger charge is 2.08. The molecule has 2 rings (SSSR count). The van der Waals surface area contributed by atoms with Gasteiger partial charge in [-0.25, -0.2) is 18.4 Å². The number of carbonyl (C=O) groups is 1. The quantitative estimate of drug-likeness (QED) is 0.765. The second-order valence-electron chi connectivity index (χ2n) is 3.56. The zero-order valence-electron chi connectivity index (χ0n) is 9.02. The van der Waals surface area contributed by atoms with E-state index in [0.29, 0.717) is 0 Å². The Morgan fingerprint density at radius 3 is 2.82 bits per heavy atom. The van der Waals surface area contributed by atoms with Crippen molar-refractivity contribution < 1.29 is 13.6 Å². The van der Waals surface area contributed by atoms with E-state index in [4.69, 9.17) is 0 Å². The molecule has 0 N–H and O–H groups in total. The molecule has 0 unspecified atom stereocenters. The molecule has 0 amide bonds. The Labute approximate surface area is 95.9 Å². The van der Waals surface area contributed by atoms with Crippen LogP contribution in [0.1, 0.15) is 23.1 Å². The number of benzene rings is 1. The van der Waals surface area contributed by atoms with E-state index in [1.807, 2.05) is 0 Å². The van der Waals surface area contributed by atoms with Crippen molar-refractivity contribution >= 4 is 5.78 Å². The minimum absolute atomic E-state index is 0.0316. The number of carbonyl (C=O) groups excluding carboxylic acids is 1. The summed E-state index contributed by atoms with van der Waals surface area (Å²) in [5, 5.41) is 3.84. The van der Waals surface area contributed by atoms with Gasteiger partial charge in [0.1, 0.15) is 18.0 Å². The van der Waals surface area contributed by atoms with Crippen molar-refractivity contribution in [3.63, 3.8) is 0 Å². The van der Waals surface area contributed by atoms with E-state index in [0.717, 1.165) is 18.2 Å². The highest BCUT2D eigenvalue weighted by molar-refractivity contribution is 5.89. The summed E-state index contributed by atoms with van der Waals surface area (Å²) in [7, 11) is 0. The standard InChI is InChI=1S/C11H9F2N3O/c1-7(17)11-14-6-16(15-11)5-8-4-9(12)2-3-10(8)13/h2-4,6H,5H2,1H3. The first-order valence-corrected chi connectivity index (χ1v) is 4.90. The van der Waals surface area contributed by atoms with Crippen LogP contribution in [0.3, 0.4) is 0 Å². The van der Waals surface area contributed by atoms with Crippen LogP contribution in [0.4, 0.5) is 8.78 Å². The molecule has 0 bridgehead atoms. The zero-order chi connectivity index (χ0) is 12.4. The van der Waals surface area contributed by atoms with E-state index in [1.165, 1.54) is 17.9 Å². The number of aromatic nitrogens is 3. The Morgan fingerprint density at radius 1 is 1.41 bits per heavy atom. The molecular formula is C11H9F2N3O.